The van der Waals surface area contributed by atoms with Crippen LogP contribution in [-0.2, 0) is 57.0 Å². The molecule has 2 bridgehead atoms. The van der Waals surface area contributed by atoms with Gasteiger partial charge in [-0.05, 0) is 75.0 Å². The first kappa shape index (κ1) is 53.9. The maximum Gasteiger partial charge on any atom is 0.316 e. The highest BCUT2D eigenvalue weighted by molar-refractivity contribution is 6.20. The van der Waals surface area contributed by atoms with Crippen LogP contribution in [0, 0.1) is 23.7 Å². The van der Waals surface area contributed by atoms with E-state index in [2.05, 4.69) is 32.9 Å². The zero-order valence-electron chi connectivity index (χ0n) is 43.8. The van der Waals surface area contributed by atoms with Gasteiger partial charge in [0.15, 0.2) is 18.4 Å². The van der Waals surface area contributed by atoms with Crippen molar-refractivity contribution in [2.45, 2.75) is 191 Å². The standard InChI is InChI=1S/C56H75NO16/c1-11-29(2)48-32(5)21-22-55(72-48)27-38-24-37(71-55)20-19-31(4)47(30(3)15-14-16-36-28-65-51-46(58)33(6)23-41(54(61)68-38)56(36,51)62)69-44-25-42(63-9)49(34(7)66-44)70-45-26-43(64-10)50(35(8)67-45)73-57-52(59)39-17-12-13-18-40(39)53(57)60/h12-19,21-23,29-30,32,34-35,37-38,41-51,58,62H,11,20,24-28H2,1-10H3/b15-14+,31-19+,36-16+/t29-,30+,32+,34+,35+,37-,38+,41+,42+,43+,44+,45+,46-,47+,48-,49+,50+,51-,55-,56-/m1/s1. The molecule has 73 heavy (non-hydrogen) atoms. The van der Waals surface area contributed by atoms with Crippen molar-refractivity contribution in [1.29, 1.82) is 0 Å². The van der Waals surface area contributed by atoms with Crippen LogP contribution in [0.5, 0.6) is 0 Å². The molecule has 8 aliphatic rings. The number of fused-ring (bicyclic) bond motifs is 3. The first-order valence-corrected chi connectivity index (χ1v) is 26.2. The van der Waals surface area contributed by atoms with E-state index in [1.54, 1.807) is 57.4 Å². The van der Waals surface area contributed by atoms with Crippen LogP contribution < -0.4 is 0 Å². The van der Waals surface area contributed by atoms with Gasteiger partial charge in [-0.2, -0.15) is 0 Å². The number of carbonyl (C=O) groups excluding carboxylic acids is 3. The van der Waals surface area contributed by atoms with E-state index in [1.807, 2.05) is 39.0 Å². The van der Waals surface area contributed by atoms with Crippen molar-refractivity contribution in [3.8, 4) is 0 Å². The molecule has 17 nitrogen and oxygen atoms in total. The molecule has 17 heteroatoms. The maximum absolute atomic E-state index is 14.4. The van der Waals surface area contributed by atoms with Crippen molar-refractivity contribution in [3.63, 3.8) is 0 Å². The van der Waals surface area contributed by atoms with Gasteiger partial charge in [0.2, 0.25) is 0 Å². The third kappa shape index (κ3) is 10.5. The largest absolute Gasteiger partial charge is 0.462 e. The molecule has 2 amide bonds. The van der Waals surface area contributed by atoms with Crippen LogP contribution in [-0.4, -0.2) is 151 Å². The topological polar surface area (TPSA) is 196 Å². The van der Waals surface area contributed by atoms with Gasteiger partial charge in [-0.3, -0.25) is 19.2 Å². The van der Waals surface area contributed by atoms with E-state index in [-0.39, 0.29) is 54.4 Å². The summed E-state index contributed by atoms with van der Waals surface area (Å²) in [5.41, 5.74) is 0.582. The second-order valence-corrected chi connectivity index (χ2v) is 21.5. The van der Waals surface area contributed by atoms with Gasteiger partial charge >= 0.3 is 5.97 Å². The van der Waals surface area contributed by atoms with E-state index in [0.29, 0.717) is 30.4 Å². The first-order valence-electron chi connectivity index (χ1n) is 26.2. The number of nitrogens with zero attached hydrogens (tertiary/aromatic N) is 1. The van der Waals surface area contributed by atoms with Gasteiger partial charge in [0.05, 0.1) is 60.5 Å². The molecule has 9 rings (SSSR count). The number of rotatable bonds is 10. The van der Waals surface area contributed by atoms with Gasteiger partial charge in [0, 0.05) is 51.7 Å². The number of allylic oxidation sites excluding steroid dienone is 2. The van der Waals surface area contributed by atoms with Crippen molar-refractivity contribution in [3.05, 3.63) is 94.6 Å². The lowest BCUT2D eigenvalue weighted by Crippen LogP contribution is -2.58. The molecule has 1 aromatic rings. The Morgan fingerprint density at radius 2 is 1.49 bits per heavy atom. The molecule has 1 aromatic carbocycles. The van der Waals surface area contributed by atoms with Crippen LogP contribution in [0.2, 0.25) is 0 Å². The fourth-order valence-electron chi connectivity index (χ4n) is 12.1. The second-order valence-electron chi connectivity index (χ2n) is 21.5. The van der Waals surface area contributed by atoms with E-state index in [0.717, 1.165) is 17.1 Å². The Hall–Kier alpha value is -3.95. The maximum atomic E-state index is 14.4. The number of aliphatic hydroxyl groups excluding tert-OH is 1. The highest BCUT2D eigenvalue weighted by atomic mass is 16.8. The Kier molecular flexibility index (Phi) is 16.2. The van der Waals surface area contributed by atoms with Crippen molar-refractivity contribution >= 4 is 17.8 Å². The van der Waals surface area contributed by atoms with Crippen molar-refractivity contribution in [1.82, 2.24) is 5.06 Å². The lowest BCUT2D eigenvalue weighted by atomic mass is 9.71. The summed E-state index contributed by atoms with van der Waals surface area (Å²) in [5.74, 6) is -3.81. The van der Waals surface area contributed by atoms with E-state index in [9.17, 15) is 24.6 Å². The van der Waals surface area contributed by atoms with Gasteiger partial charge in [-0.25, -0.2) is 0 Å². The molecule has 7 aliphatic heterocycles. The van der Waals surface area contributed by atoms with Crippen LogP contribution in [0.15, 0.2) is 83.5 Å². The Morgan fingerprint density at radius 3 is 2.16 bits per heavy atom. The number of esters is 1. The quantitative estimate of drug-likeness (QED) is 0.144. The fraction of sp³-hybridized carbons (Fsp3) is 0.661. The predicted molar refractivity (Wildman–Crippen MR) is 263 cm³/mol. The lowest BCUT2D eigenvalue weighted by molar-refractivity contribution is -0.329. The number of hydroxylamine groups is 2. The molecule has 7 heterocycles. The summed E-state index contributed by atoms with van der Waals surface area (Å²) in [6.45, 7) is 16.0. The SMILES string of the molecule is CC[C@@H](C)[C@H]1O[C@]2(C=C[C@@H]1C)C[C@@H]1C[C@@H](C/C=C(\C)[C@@H](O[C@H]3C[C@H](OC)[C@@H](O[C@H]4C[C@H](OC)[C@@H](ON5C(=O)c6ccccc6C5=O)[C@H](C)O4)[C@H](C)O3)[C@@H](C)/C=C/C=C3\CO[C@@H]4[C@H](O)C(C)=C[C@@H](C(=O)O1)[C@]34O)O2. The molecular weight excluding hydrogens is 943 g/mol. The molecule has 1 aliphatic carbocycles. The average Bonchev–Trinajstić information content (AvgIpc) is 3.83. The molecule has 4 fully saturated rings. The smallest absolute Gasteiger partial charge is 0.316 e. The number of hydrogen-bond acceptors (Lipinski definition) is 16. The van der Waals surface area contributed by atoms with Crippen LogP contribution in [0.1, 0.15) is 115 Å². The lowest BCUT2D eigenvalue weighted by Gasteiger charge is -2.48. The highest BCUT2D eigenvalue weighted by Crippen LogP contribution is 2.47. The van der Waals surface area contributed by atoms with Gasteiger partial charge < -0.3 is 57.6 Å². The predicted octanol–water partition coefficient (Wildman–Crippen LogP) is 6.61. The summed E-state index contributed by atoms with van der Waals surface area (Å²) in [6.07, 6.45) is 7.08. The molecule has 400 valence electrons. The average molecular weight is 1020 g/mol. The van der Waals surface area contributed by atoms with E-state index in [1.165, 1.54) is 7.11 Å². The summed E-state index contributed by atoms with van der Waals surface area (Å²) >= 11 is 0. The molecule has 1 spiro atoms. The Bertz CT molecular complexity index is 2330. The molecule has 0 unspecified atom stereocenters. The van der Waals surface area contributed by atoms with Crippen LogP contribution >= 0.6 is 0 Å². The number of hydrogen-bond donors (Lipinski definition) is 2. The molecule has 0 saturated carbocycles. The van der Waals surface area contributed by atoms with Crippen molar-refractivity contribution < 1.29 is 76.8 Å². The van der Waals surface area contributed by atoms with Crippen LogP contribution in [0.4, 0.5) is 0 Å². The van der Waals surface area contributed by atoms with Gasteiger partial charge in [-0.1, -0.05) is 82.7 Å². The molecule has 4 saturated heterocycles. The normalized spacial score (nSPS) is 44.3. The summed E-state index contributed by atoms with van der Waals surface area (Å²) in [4.78, 5) is 46.8. The minimum absolute atomic E-state index is 0.00753. The monoisotopic (exact) mass is 1020 g/mol. The van der Waals surface area contributed by atoms with Gasteiger partial charge in [0.25, 0.3) is 11.8 Å². The van der Waals surface area contributed by atoms with Crippen molar-refractivity contribution in [2.24, 2.45) is 23.7 Å². The van der Waals surface area contributed by atoms with Gasteiger partial charge in [0.1, 0.15) is 42.0 Å². The third-order valence-corrected chi connectivity index (χ3v) is 16.5. The minimum atomic E-state index is -1.87. The number of carbonyl (C=O) groups is 3. The fourth-order valence-corrected chi connectivity index (χ4v) is 12.1. The zero-order valence-corrected chi connectivity index (χ0v) is 43.8. The summed E-state index contributed by atoms with van der Waals surface area (Å²) in [7, 11) is 3.16. The summed E-state index contributed by atoms with van der Waals surface area (Å²) < 4.78 is 64.8. The molecule has 0 radical (unpaired) electrons. The summed E-state index contributed by atoms with van der Waals surface area (Å²) in [6, 6.07) is 6.59. The van der Waals surface area contributed by atoms with Crippen LogP contribution in [0.3, 0.4) is 0 Å². The van der Waals surface area contributed by atoms with Crippen molar-refractivity contribution in [2.75, 3.05) is 20.8 Å². The van der Waals surface area contributed by atoms with Gasteiger partial charge in [-0.15, -0.1) is 5.06 Å². The Morgan fingerprint density at radius 1 is 0.836 bits per heavy atom. The Labute approximate surface area is 428 Å². The second kappa shape index (κ2) is 22.0. The number of methoxy groups -OCH3 is 2. The molecule has 20 atom stereocenters. The molecular formula is C56H75NO16. The zero-order chi connectivity index (χ0) is 52.1. The number of amides is 2. The summed E-state index contributed by atoms with van der Waals surface area (Å²) in [5, 5.41) is 24.7. The number of aliphatic hydroxyl groups is 2. The molecule has 2 N–H and O–H groups in total. The Balaban J connectivity index is 0.938. The highest BCUT2D eigenvalue weighted by Gasteiger charge is 2.60. The van der Waals surface area contributed by atoms with E-state index >= 15 is 0 Å². The number of benzene rings is 1. The van der Waals surface area contributed by atoms with E-state index in [4.69, 9.17) is 52.2 Å². The number of imide groups is 1. The third-order valence-electron chi connectivity index (χ3n) is 16.5. The van der Waals surface area contributed by atoms with E-state index < -0.39 is 115 Å². The number of ether oxygens (including phenoxy) is 10. The van der Waals surface area contributed by atoms with Crippen LogP contribution in [0.25, 0.3) is 0 Å². The molecule has 0 aromatic heterocycles. The minimum Gasteiger partial charge on any atom is -0.462 e. The first-order chi connectivity index (χ1) is 34.9.